The van der Waals surface area contributed by atoms with Crippen molar-refractivity contribution < 1.29 is 14.0 Å². The molecule has 3 aliphatic heterocycles. The van der Waals surface area contributed by atoms with E-state index in [1.807, 2.05) is 4.90 Å². The molecular formula is C19H24FN3O2. The number of rotatable bonds is 1. The predicted molar refractivity (Wildman–Crippen MR) is 92.7 cm³/mol. The lowest BCUT2D eigenvalue weighted by molar-refractivity contribution is -0.144. The first kappa shape index (κ1) is 16.4. The van der Waals surface area contributed by atoms with Gasteiger partial charge in [0.2, 0.25) is 5.91 Å². The summed E-state index contributed by atoms with van der Waals surface area (Å²) >= 11 is 0. The van der Waals surface area contributed by atoms with Crippen LogP contribution in [0.2, 0.25) is 0 Å². The second-order valence-corrected chi connectivity index (χ2v) is 7.62. The number of likely N-dealkylation sites (tertiary alicyclic amines) is 1. The van der Waals surface area contributed by atoms with Gasteiger partial charge in [-0.1, -0.05) is 6.07 Å². The van der Waals surface area contributed by atoms with Gasteiger partial charge in [0.05, 0.1) is 0 Å². The van der Waals surface area contributed by atoms with E-state index in [4.69, 9.17) is 0 Å². The van der Waals surface area contributed by atoms with E-state index < -0.39 is 0 Å². The first-order chi connectivity index (χ1) is 12.0. The highest BCUT2D eigenvalue weighted by Gasteiger charge is 2.44. The molecule has 0 unspecified atom stereocenters. The number of benzene rings is 1. The minimum absolute atomic E-state index is 0.168. The Morgan fingerprint density at radius 1 is 1.28 bits per heavy atom. The Morgan fingerprint density at radius 2 is 2.12 bits per heavy atom. The number of carbonyl (C=O) groups is 2. The number of piperidine rings is 3. The van der Waals surface area contributed by atoms with Crippen molar-refractivity contribution in [3.05, 3.63) is 29.6 Å². The van der Waals surface area contributed by atoms with Crippen molar-refractivity contribution in [2.24, 2.45) is 11.8 Å². The van der Waals surface area contributed by atoms with E-state index in [1.165, 1.54) is 6.07 Å². The van der Waals surface area contributed by atoms with E-state index in [9.17, 15) is 14.0 Å². The molecule has 5 nitrogen and oxygen atoms in total. The minimum Gasteiger partial charge on any atom is -0.339 e. The molecule has 3 atom stereocenters. The monoisotopic (exact) mass is 345 g/mol. The van der Waals surface area contributed by atoms with Crippen LogP contribution in [0.1, 0.15) is 31.2 Å². The van der Waals surface area contributed by atoms with Crippen LogP contribution in [0.3, 0.4) is 0 Å². The van der Waals surface area contributed by atoms with Crippen LogP contribution in [-0.4, -0.2) is 47.4 Å². The Labute approximate surface area is 147 Å². The van der Waals surface area contributed by atoms with Crippen molar-refractivity contribution in [1.29, 1.82) is 0 Å². The standard InChI is InChI=1S/C19H24FN3O2/c1-12-15(20)4-2-5-16(12)21-19(25)22-9-13-8-14(11-22)17-6-3-7-18(24)23(17)10-13/h2,4-5,13-14,17H,3,6-11H2,1H3,(H,21,25)/t13-,14-,17-/m1/s1. The van der Waals surface area contributed by atoms with Crippen molar-refractivity contribution in [1.82, 2.24) is 9.80 Å². The first-order valence-electron chi connectivity index (χ1n) is 9.13. The average molecular weight is 345 g/mol. The number of nitrogens with zero attached hydrogens (tertiary/aromatic N) is 2. The highest BCUT2D eigenvalue weighted by molar-refractivity contribution is 5.90. The molecule has 3 heterocycles. The molecule has 0 spiro atoms. The molecule has 0 saturated carbocycles. The molecule has 3 fully saturated rings. The highest BCUT2D eigenvalue weighted by Crippen LogP contribution is 2.38. The summed E-state index contributed by atoms with van der Waals surface area (Å²) in [7, 11) is 0. The molecule has 3 saturated heterocycles. The number of carbonyl (C=O) groups excluding carboxylic acids is 2. The summed E-state index contributed by atoms with van der Waals surface area (Å²) in [4.78, 5) is 28.8. The number of hydrogen-bond acceptors (Lipinski definition) is 2. The second-order valence-electron chi connectivity index (χ2n) is 7.62. The fourth-order valence-corrected chi connectivity index (χ4v) is 4.71. The Kier molecular flexibility index (Phi) is 4.13. The number of anilines is 1. The normalized spacial score (nSPS) is 28.6. The SMILES string of the molecule is Cc1c(F)cccc1NC(=O)N1C[C@H]2C[C@H](C1)[C@H]1CCCC(=O)N1C2. The summed E-state index contributed by atoms with van der Waals surface area (Å²) in [6.07, 6.45) is 3.76. The van der Waals surface area contributed by atoms with Gasteiger partial charge in [-0.15, -0.1) is 0 Å². The molecule has 4 rings (SSSR count). The van der Waals surface area contributed by atoms with E-state index in [0.29, 0.717) is 42.6 Å². The molecule has 1 aromatic rings. The maximum atomic E-state index is 13.7. The topological polar surface area (TPSA) is 52.7 Å². The zero-order valence-electron chi connectivity index (χ0n) is 14.5. The Hall–Kier alpha value is -2.11. The predicted octanol–water partition coefficient (Wildman–Crippen LogP) is 3.00. The van der Waals surface area contributed by atoms with Crippen molar-refractivity contribution in [3.63, 3.8) is 0 Å². The van der Waals surface area contributed by atoms with Crippen LogP contribution in [0, 0.1) is 24.6 Å². The smallest absolute Gasteiger partial charge is 0.321 e. The molecule has 1 aromatic carbocycles. The van der Waals surface area contributed by atoms with Crippen molar-refractivity contribution in [2.75, 3.05) is 25.0 Å². The summed E-state index contributed by atoms with van der Waals surface area (Å²) in [6.45, 7) is 3.77. The summed E-state index contributed by atoms with van der Waals surface area (Å²) in [5, 5.41) is 2.86. The van der Waals surface area contributed by atoms with E-state index in [-0.39, 0.29) is 23.8 Å². The van der Waals surface area contributed by atoms with Crippen molar-refractivity contribution in [2.45, 2.75) is 38.6 Å². The van der Waals surface area contributed by atoms with Gasteiger partial charge in [0.25, 0.3) is 0 Å². The molecule has 0 aromatic heterocycles. The van der Waals surface area contributed by atoms with Gasteiger partial charge < -0.3 is 15.1 Å². The van der Waals surface area contributed by atoms with Gasteiger partial charge in [-0.05, 0) is 50.2 Å². The number of nitrogens with one attached hydrogen (secondary N) is 1. The minimum atomic E-state index is -0.315. The molecule has 0 aliphatic carbocycles. The molecule has 0 radical (unpaired) electrons. The van der Waals surface area contributed by atoms with Gasteiger partial charge in [-0.3, -0.25) is 4.79 Å². The van der Waals surface area contributed by atoms with Crippen molar-refractivity contribution in [3.8, 4) is 0 Å². The maximum absolute atomic E-state index is 13.7. The maximum Gasteiger partial charge on any atom is 0.321 e. The lowest BCUT2D eigenvalue weighted by Crippen LogP contribution is -2.61. The zero-order chi connectivity index (χ0) is 17.6. The van der Waals surface area contributed by atoms with Gasteiger partial charge in [-0.25, -0.2) is 9.18 Å². The average Bonchev–Trinajstić information content (AvgIpc) is 2.60. The summed E-state index contributed by atoms with van der Waals surface area (Å²) in [6, 6.07) is 4.84. The number of hydrogen-bond donors (Lipinski definition) is 1. The lowest BCUT2D eigenvalue weighted by Gasteiger charge is -2.52. The number of halogens is 1. The van der Waals surface area contributed by atoms with Crippen LogP contribution >= 0.6 is 0 Å². The quantitative estimate of drug-likeness (QED) is 0.851. The second kappa shape index (κ2) is 6.32. The fraction of sp³-hybridized carbons (Fsp3) is 0.579. The van der Waals surface area contributed by atoms with Crippen molar-refractivity contribution >= 4 is 17.6 Å². The molecular weight excluding hydrogens is 321 g/mol. The Balaban J connectivity index is 1.47. The fourth-order valence-electron chi connectivity index (χ4n) is 4.71. The third kappa shape index (κ3) is 2.98. The van der Waals surface area contributed by atoms with Crippen LogP contribution in [0.5, 0.6) is 0 Å². The lowest BCUT2D eigenvalue weighted by atomic mass is 9.76. The molecule has 3 amide bonds. The van der Waals surface area contributed by atoms with E-state index >= 15 is 0 Å². The molecule has 2 bridgehead atoms. The van der Waals surface area contributed by atoms with Gasteiger partial charge in [0, 0.05) is 43.3 Å². The van der Waals surface area contributed by atoms with Gasteiger partial charge >= 0.3 is 6.03 Å². The Bertz CT molecular complexity index is 708. The van der Waals surface area contributed by atoms with Crippen LogP contribution in [0.4, 0.5) is 14.9 Å². The molecule has 6 heteroatoms. The third-order valence-electron chi connectivity index (χ3n) is 5.98. The molecule has 3 aliphatic rings. The van der Waals surface area contributed by atoms with Crippen LogP contribution in [0.25, 0.3) is 0 Å². The highest BCUT2D eigenvalue weighted by atomic mass is 19.1. The van der Waals surface area contributed by atoms with E-state index in [2.05, 4.69) is 10.2 Å². The van der Waals surface area contributed by atoms with Gasteiger partial charge in [0.15, 0.2) is 0 Å². The molecule has 25 heavy (non-hydrogen) atoms. The van der Waals surface area contributed by atoms with E-state index in [1.54, 1.807) is 19.1 Å². The van der Waals surface area contributed by atoms with Crippen LogP contribution in [0.15, 0.2) is 18.2 Å². The molecule has 1 N–H and O–H groups in total. The zero-order valence-corrected chi connectivity index (χ0v) is 14.5. The molecule has 134 valence electrons. The number of amides is 3. The van der Waals surface area contributed by atoms with E-state index in [0.717, 1.165) is 25.8 Å². The largest absolute Gasteiger partial charge is 0.339 e. The summed E-state index contributed by atoms with van der Waals surface area (Å²) in [5.74, 6) is 0.663. The summed E-state index contributed by atoms with van der Waals surface area (Å²) in [5.41, 5.74) is 0.979. The van der Waals surface area contributed by atoms with Gasteiger partial charge in [0.1, 0.15) is 5.82 Å². The summed E-state index contributed by atoms with van der Waals surface area (Å²) < 4.78 is 13.7. The van der Waals surface area contributed by atoms with Crippen LogP contribution in [-0.2, 0) is 4.79 Å². The first-order valence-corrected chi connectivity index (χ1v) is 9.13. The van der Waals surface area contributed by atoms with Gasteiger partial charge in [-0.2, -0.15) is 0 Å². The Morgan fingerprint density at radius 3 is 2.96 bits per heavy atom. The number of fused-ring (bicyclic) bond motifs is 4. The third-order valence-corrected chi connectivity index (χ3v) is 5.98. The number of urea groups is 1. The van der Waals surface area contributed by atoms with Crippen LogP contribution < -0.4 is 5.32 Å².